The zero-order chi connectivity index (χ0) is 18.4. The van der Waals surface area contributed by atoms with Gasteiger partial charge in [-0.05, 0) is 59.5 Å². The normalized spacial score (nSPS) is 11.8. The van der Waals surface area contributed by atoms with Crippen LogP contribution in [0.2, 0.25) is 0 Å². The molecule has 3 aromatic rings. The van der Waals surface area contributed by atoms with Gasteiger partial charge in [-0.3, -0.25) is 0 Å². The Labute approximate surface area is 155 Å². The van der Waals surface area contributed by atoms with Crippen LogP contribution in [0.4, 0.5) is 0 Å². The Hall–Kier alpha value is -2.78. The number of methoxy groups -OCH3 is 2. The molecule has 0 aliphatic carbocycles. The fourth-order valence-corrected chi connectivity index (χ4v) is 2.94. The molecule has 0 aliphatic rings. The van der Waals surface area contributed by atoms with Crippen LogP contribution >= 0.6 is 0 Å². The van der Waals surface area contributed by atoms with Crippen LogP contribution in [0, 0.1) is 0 Å². The van der Waals surface area contributed by atoms with Gasteiger partial charge in [0.1, 0.15) is 11.5 Å². The molecule has 0 aromatic heterocycles. The lowest BCUT2D eigenvalue weighted by Crippen LogP contribution is -2.18. The van der Waals surface area contributed by atoms with E-state index < -0.39 is 0 Å². The van der Waals surface area contributed by atoms with Gasteiger partial charge >= 0.3 is 0 Å². The molecule has 0 aliphatic heterocycles. The first-order chi connectivity index (χ1) is 12.7. The van der Waals surface area contributed by atoms with Gasteiger partial charge in [0.2, 0.25) is 0 Å². The predicted octanol–water partition coefficient (Wildman–Crippen LogP) is 5.22. The van der Waals surface area contributed by atoms with Crippen LogP contribution in [0.25, 0.3) is 11.1 Å². The number of ether oxygens (including phenoxy) is 2. The Morgan fingerprint density at radius 1 is 0.769 bits per heavy atom. The summed E-state index contributed by atoms with van der Waals surface area (Å²) in [6, 6.07) is 25.2. The first kappa shape index (κ1) is 18.0. The van der Waals surface area contributed by atoms with E-state index in [4.69, 9.17) is 9.47 Å². The molecular weight excluding hydrogens is 322 g/mol. The molecule has 1 unspecified atom stereocenters. The summed E-state index contributed by atoms with van der Waals surface area (Å²) >= 11 is 0. The van der Waals surface area contributed by atoms with Crippen LogP contribution in [0.3, 0.4) is 0 Å². The van der Waals surface area contributed by atoms with Gasteiger partial charge in [0.15, 0.2) is 0 Å². The van der Waals surface area contributed by atoms with Crippen molar-refractivity contribution in [1.82, 2.24) is 5.32 Å². The largest absolute Gasteiger partial charge is 0.497 e. The van der Waals surface area contributed by atoms with Crippen LogP contribution < -0.4 is 14.8 Å². The first-order valence-corrected chi connectivity index (χ1v) is 8.80. The van der Waals surface area contributed by atoms with E-state index in [2.05, 4.69) is 60.8 Å². The van der Waals surface area contributed by atoms with Gasteiger partial charge in [-0.25, -0.2) is 0 Å². The van der Waals surface area contributed by atoms with Gasteiger partial charge in [0, 0.05) is 12.6 Å². The molecule has 0 amide bonds. The van der Waals surface area contributed by atoms with Crippen molar-refractivity contribution in [2.45, 2.75) is 19.5 Å². The summed E-state index contributed by atoms with van der Waals surface area (Å²) < 4.78 is 10.6. The van der Waals surface area contributed by atoms with Gasteiger partial charge in [-0.2, -0.15) is 0 Å². The molecule has 0 spiro atoms. The Morgan fingerprint density at radius 2 is 1.42 bits per heavy atom. The third-order valence-corrected chi connectivity index (χ3v) is 4.56. The van der Waals surface area contributed by atoms with Crippen molar-refractivity contribution in [3.05, 3.63) is 83.9 Å². The second-order valence-electron chi connectivity index (χ2n) is 6.31. The van der Waals surface area contributed by atoms with Crippen LogP contribution in [0.1, 0.15) is 24.1 Å². The smallest absolute Gasteiger partial charge is 0.119 e. The molecule has 3 nitrogen and oxygen atoms in total. The average Bonchev–Trinajstić information content (AvgIpc) is 2.72. The Balaban J connectivity index is 1.68. The SMILES string of the molecule is COc1ccc(C(C)NCc2cccc(-c3cccc(OC)c3)c2)cc1. The standard InChI is InChI=1S/C23H25NO2/c1-17(19-10-12-22(25-2)13-11-19)24-16-18-6-4-7-20(14-18)21-8-5-9-23(15-21)26-3/h4-15,17,24H,16H2,1-3H3. The summed E-state index contributed by atoms with van der Waals surface area (Å²) in [5.41, 5.74) is 4.86. The van der Waals surface area contributed by atoms with Crippen molar-refractivity contribution in [2.24, 2.45) is 0 Å². The summed E-state index contributed by atoms with van der Waals surface area (Å²) in [4.78, 5) is 0. The number of hydrogen-bond acceptors (Lipinski definition) is 3. The van der Waals surface area contributed by atoms with Gasteiger partial charge in [0.05, 0.1) is 14.2 Å². The minimum Gasteiger partial charge on any atom is -0.497 e. The van der Waals surface area contributed by atoms with Gasteiger partial charge < -0.3 is 14.8 Å². The van der Waals surface area contributed by atoms with Crippen LogP contribution in [-0.2, 0) is 6.54 Å². The van der Waals surface area contributed by atoms with E-state index in [-0.39, 0.29) is 6.04 Å². The predicted molar refractivity (Wildman–Crippen MR) is 107 cm³/mol. The van der Waals surface area contributed by atoms with Gasteiger partial charge in [-0.15, -0.1) is 0 Å². The van der Waals surface area contributed by atoms with E-state index in [9.17, 15) is 0 Å². The van der Waals surface area contributed by atoms with Crippen LogP contribution in [-0.4, -0.2) is 14.2 Å². The van der Waals surface area contributed by atoms with Gasteiger partial charge in [-0.1, -0.05) is 42.5 Å². The molecule has 0 radical (unpaired) electrons. The van der Waals surface area contributed by atoms with Crippen molar-refractivity contribution in [3.63, 3.8) is 0 Å². The van der Waals surface area contributed by atoms with E-state index >= 15 is 0 Å². The highest BCUT2D eigenvalue weighted by Gasteiger charge is 2.06. The Kier molecular flexibility index (Phi) is 5.92. The molecule has 0 fully saturated rings. The second kappa shape index (κ2) is 8.54. The third-order valence-electron chi connectivity index (χ3n) is 4.56. The van der Waals surface area contributed by atoms with Crippen LogP contribution in [0.5, 0.6) is 11.5 Å². The number of benzene rings is 3. The quantitative estimate of drug-likeness (QED) is 0.635. The summed E-state index contributed by atoms with van der Waals surface area (Å²) in [5.74, 6) is 1.76. The molecule has 0 heterocycles. The lowest BCUT2D eigenvalue weighted by Gasteiger charge is -2.15. The number of hydrogen-bond donors (Lipinski definition) is 1. The zero-order valence-corrected chi connectivity index (χ0v) is 15.5. The van der Waals surface area contributed by atoms with Crippen molar-refractivity contribution in [2.75, 3.05) is 14.2 Å². The third kappa shape index (κ3) is 4.44. The van der Waals surface area contributed by atoms with E-state index in [0.29, 0.717) is 0 Å². The highest BCUT2D eigenvalue weighted by atomic mass is 16.5. The van der Waals surface area contributed by atoms with E-state index in [1.165, 1.54) is 16.7 Å². The molecule has 0 saturated heterocycles. The molecule has 1 N–H and O–H groups in total. The maximum Gasteiger partial charge on any atom is 0.119 e. The lowest BCUT2D eigenvalue weighted by atomic mass is 10.0. The van der Waals surface area contributed by atoms with E-state index in [1.807, 2.05) is 24.3 Å². The molecule has 26 heavy (non-hydrogen) atoms. The molecule has 0 bridgehead atoms. The maximum atomic E-state index is 5.33. The summed E-state index contributed by atoms with van der Waals surface area (Å²) in [6.45, 7) is 2.98. The second-order valence-corrected chi connectivity index (χ2v) is 6.31. The molecule has 134 valence electrons. The first-order valence-electron chi connectivity index (χ1n) is 8.80. The monoisotopic (exact) mass is 347 g/mol. The lowest BCUT2D eigenvalue weighted by molar-refractivity contribution is 0.414. The summed E-state index contributed by atoms with van der Waals surface area (Å²) in [5, 5.41) is 3.59. The van der Waals surface area contributed by atoms with E-state index in [0.717, 1.165) is 23.6 Å². The highest BCUT2D eigenvalue weighted by Crippen LogP contribution is 2.25. The molecular formula is C23H25NO2. The minimum atomic E-state index is 0.265. The molecule has 3 aromatic carbocycles. The van der Waals surface area contributed by atoms with Crippen LogP contribution in [0.15, 0.2) is 72.8 Å². The maximum absolute atomic E-state index is 5.33. The van der Waals surface area contributed by atoms with E-state index in [1.54, 1.807) is 14.2 Å². The number of rotatable bonds is 7. The number of nitrogens with one attached hydrogen (secondary N) is 1. The molecule has 3 heteroatoms. The Morgan fingerprint density at radius 3 is 2.12 bits per heavy atom. The Bertz CT molecular complexity index is 843. The summed E-state index contributed by atoms with van der Waals surface area (Å²) in [6.07, 6.45) is 0. The van der Waals surface area contributed by atoms with Crippen molar-refractivity contribution in [3.8, 4) is 22.6 Å². The topological polar surface area (TPSA) is 30.5 Å². The molecule has 0 saturated carbocycles. The molecule has 3 rings (SSSR count). The summed E-state index contributed by atoms with van der Waals surface area (Å²) in [7, 11) is 3.38. The fraction of sp³-hybridized carbons (Fsp3) is 0.217. The van der Waals surface area contributed by atoms with Crippen molar-refractivity contribution >= 4 is 0 Å². The van der Waals surface area contributed by atoms with Crippen molar-refractivity contribution < 1.29 is 9.47 Å². The highest BCUT2D eigenvalue weighted by molar-refractivity contribution is 5.65. The minimum absolute atomic E-state index is 0.265. The average molecular weight is 347 g/mol. The van der Waals surface area contributed by atoms with Crippen molar-refractivity contribution in [1.29, 1.82) is 0 Å². The fourth-order valence-electron chi connectivity index (χ4n) is 2.94. The van der Waals surface area contributed by atoms with Gasteiger partial charge in [0.25, 0.3) is 0 Å². The molecule has 1 atom stereocenters. The zero-order valence-electron chi connectivity index (χ0n) is 15.5.